The van der Waals surface area contributed by atoms with Gasteiger partial charge in [-0.3, -0.25) is 10.1 Å². The Bertz CT molecular complexity index is 733. The first-order chi connectivity index (χ1) is 11.5. The molecule has 0 aliphatic carbocycles. The summed E-state index contributed by atoms with van der Waals surface area (Å²) in [6.45, 7) is 4.15. The van der Waals surface area contributed by atoms with Crippen molar-refractivity contribution in [3.05, 3.63) is 23.8 Å². The molecule has 1 aromatic heterocycles. The van der Waals surface area contributed by atoms with Crippen LogP contribution in [0.1, 0.15) is 12.5 Å². The van der Waals surface area contributed by atoms with Gasteiger partial charge in [-0.15, -0.1) is 5.10 Å². The minimum Gasteiger partial charge on any atom is -0.494 e. The second-order valence-electron chi connectivity index (χ2n) is 4.74. The van der Waals surface area contributed by atoms with Crippen LogP contribution in [0.2, 0.25) is 0 Å². The van der Waals surface area contributed by atoms with E-state index in [1.54, 1.807) is 14.0 Å². The number of hydrogen-bond donors (Lipinski definition) is 2. The largest absolute Gasteiger partial charge is 0.494 e. The SMILES string of the molecule is CCNC(=O)NC(=O)CSc1nnnn1-c1cc(C)ccc1OC. The highest BCUT2D eigenvalue weighted by atomic mass is 32.2. The third-order valence-electron chi connectivity index (χ3n) is 2.93. The number of nitrogens with one attached hydrogen (secondary N) is 2. The molecular formula is C14H18N6O3S. The van der Waals surface area contributed by atoms with Gasteiger partial charge in [0.05, 0.1) is 12.9 Å². The number of benzene rings is 1. The molecule has 0 radical (unpaired) electrons. The van der Waals surface area contributed by atoms with Crippen molar-refractivity contribution in [1.82, 2.24) is 30.8 Å². The van der Waals surface area contributed by atoms with E-state index in [9.17, 15) is 9.59 Å². The molecule has 1 heterocycles. The van der Waals surface area contributed by atoms with Gasteiger partial charge in [-0.1, -0.05) is 17.8 Å². The van der Waals surface area contributed by atoms with E-state index in [0.29, 0.717) is 23.1 Å². The fourth-order valence-corrected chi connectivity index (χ4v) is 2.57. The molecule has 0 aliphatic heterocycles. The Kier molecular flexibility index (Phi) is 6.13. The van der Waals surface area contributed by atoms with Gasteiger partial charge in [0.25, 0.3) is 0 Å². The summed E-state index contributed by atoms with van der Waals surface area (Å²) < 4.78 is 6.82. The fraction of sp³-hybridized carbons (Fsp3) is 0.357. The Hall–Kier alpha value is -2.62. The number of thioether (sulfide) groups is 1. The van der Waals surface area contributed by atoms with Crippen molar-refractivity contribution in [1.29, 1.82) is 0 Å². The van der Waals surface area contributed by atoms with Crippen molar-refractivity contribution in [2.75, 3.05) is 19.4 Å². The number of amides is 3. The van der Waals surface area contributed by atoms with Gasteiger partial charge in [-0.25, -0.2) is 4.79 Å². The first-order valence-corrected chi connectivity index (χ1v) is 8.17. The van der Waals surface area contributed by atoms with E-state index >= 15 is 0 Å². The highest BCUT2D eigenvalue weighted by Crippen LogP contribution is 2.26. The standard InChI is InChI=1S/C14H18N6O3S/c1-4-15-13(22)16-12(21)8-24-14-17-18-19-20(14)10-7-9(2)5-6-11(10)23-3/h5-7H,4,8H2,1-3H3,(H2,15,16,21,22). The van der Waals surface area contributed by atoms with Gasteiger partial charge >= 0.3 is 6.03 Å². The number of methoxy groups -OCH3 is 1. The summed E-state index contributed by atoms with van der Waals surface area (Å²) in [7, 11) is 1.56. The summed E-state index contributed by atoms with van der Waals surface area (Å²) in [5.41, 5.74) is 1.69. The predicted molar refractivity (Wildman–Crippen MR) is 88.4 cm³/mol. The number of tetrazole rings is 1. The number of carbonyl (C=O) groups excluding carboxylic acids is 2. The van der Waals surface area contributed by atoms with E-state index < -0.39 is 11.9 Å². The zero-order valence-electron chi connectivity index (χ0n) is 13.6. The summed E-state index contributed by atoms with van der Waals surface area (Å²) in [6.07, 6.45) is 0. The zero-order chi connectivity index (χ0) is 17.5. The fourth-order valence-electron chi connectivity index (χ4n) is 1.88. The molecule has 2 rings (SSSR count). The van der Waals surface area contributed by atoms with E-state index in [1.165, 1.54) is 4.68 Å². The first-order valence-electron chi connectivity index (χ1n) is 7.19. The van der Waals surface area contributed by atoms with Gasteiger partial charge in [-0.2, -0.15) is 4.68 Å². The maximum Gasteiger partial charge on any atom is 0.321 e. The number of nitrogens with zero attached hydrogens (tertiary/aromatic N) is 4. The lowest BCUT2D eigenvalue weighted by molar-refractivity contribution is -0.117. The second kappa shape index (κ2) is 8.29. The van der Waals surface area contributed by atoms with Crippen molar-refractivity contribution in [3.8, 4) is 11.4 Å². The first kappa shape index (κ1) is 17.7. The van der Waals surface area contributed by atoms with Crippen LogP contribution in [-0.4, -0.2) is 51.6 Å². The summed E-state index contributed by atoms with van der Waals surface area (Å²) in [6, 6.07) is 5.10. The van der Waals surface area contributed by atoms with Crippen LogP contribution in [0.4, 0.5) is 4.79 Å². The molecule has 128 valence electrons. The predicted octanol–water partition coefficient (Wildman–Crippen LogP) is 0.917. The minimum absolute atomic E-state index is 0.00559. The van der Waals surface area contributed by atoms with Crippen molar-refractivity contribution < 1.29 is 14.3 Å². The molecule has 0 spiro atoms. The normalized spacial score (nSPS) is 10.3. The lowest BCUT2D eigenvalue weighted by Gasteiger charge is -2.10. The van der Waals surface area contributed by atoms with Crippen LogP contribution < -0.4 is 15.4 Å². The van der Waals surface area contributed by atoms with Crippen LogP contribution in [0.25, 0.3) is 5.69 Å². The average molecular weight is 350 g/mol. The molecule has 3 amide bonds. The Morgan fingerprint density at radius 2 is 2.17 bits per heavy atom. The third kappa shape index (κ3) is 4.44. The Labute approximate surface area is 143 Å². The van der Waals surface area contributed by atoms with Crippen molar-refractivity contribution in [2.24, 2.45) is 0 Å². The second-order valence-corrected chi connectivity index (χ2v) is 5.69. The highest BCUT2D eigenvalue weighted by molar-refractivity contribution is 7.99. The Morgan fingerprint density at radius 1 is 1.38 bits per heavy atom. The van der Waals surface area contributed by atoms with Gasteiger partial charge in [0, 0.05) is 6.54 Å². The molecule has 0 bridgehead atoms. The van der Waals surface area contributed by atoms with E-state index in [1.807, 2.05) is 25.1 Å². The van der Waals surface area contributed by atoms with Crippen molar-refractivity contribution >= 4 is 23.7 Å². The Balaban J connectivity index is 2.10. The lowest BCUT2D eigenvalue weighted by Crippen LogP contribution is -2.40. The number of aromatic nitrogens is 4. The number of aryl methyl sites for hydroxylation is 1. The van der Waals surface area contributed by atoms with Crippen LogP contribution in [0.15, 0.2) is 23.4 Å². The summed E-state index contributed by atoms with van der Waals surface area (Å²) >= 11 is 1.12. The molecule has 0 unspecified atom stereocenters. The van der Waals surface area contributed by atoms with E-state index in [0.717, 1.165) is 17.3 Å². The van der Waals surface area contributed by atoms with Gasteiger partial charge in [0.1, 0.15) is 11.4 Å². The van der Waals surface area contributed by atoms with E-state index in [4.69, 9.17) is 4.74 Å². The third-order valence-corrected chi connectivity index (χ3v) is 3.85. The molecule has 2 N–H and O–H groups in total. The average Bonchev–Trinajstić information content (AvgIpc) is 3.01. The minimum atomic E-state index is -0.525. The number of urea groups is 1. The monoisotopic (exact) mass is 350 g/mol. The molecule has 24 heavy (non-hydrogen) atoms. The molecular weight excluding hydrogens is 332 g/mol. The molecule has 0 aliphatic rings. The molecule has 0 saturated carbocycles. The Morgan fingerprint density at radius 3 is 2.88 bits per heavy atom. The number of hydrogen-bond acceptors (Lipinski definition) is 7. The quantitative estimate of drug-likeness (QED) is 0.745. The molecule has 0 saturated heterocycles. The summed E-state index contributed by atoms with van der Waals surface area (Å²) in [5, 5.41) is 16.6. The van der Waals surface area contributed by atoms with Crippen LogP contribution in [0.5, 0.6) is 5.75 Å². The van der Waals surface area contributed by atoms with Crippen LogP contribution in [-0.2, 0) is 4.79 Å². The molecule has 10 heteroatoms. The molecule has 1 aromatic carbocycles. The van der Waals surface area contributed by atoms with Gasteiger partial charge in [-0.05, 0) is 42.0 Å². The van der Waals surface area contributed by atoms with Crippen LogP contribution in [0, 0.1) is 6.92 Å². The molecule has 0 fully saturated rings. The van der Waals surface area contributed by atoms with Crippen molar-refractivity contribution in [3.63, 3.8) is 0 Å². The highest BCUT2D eigenvalue weighted by Gasteiger charge is 2.15. The van der Waals surface area contributed by atoms with E-state index in [2.05, 4.69) is 26.2 Å². The maximum absolute atomic E-state index is 11.8. The molecule has 0 atom stereocenters. The molecule has 9 nitrogen and oxygen atoms in total. The van der Waals surface area contributed by atoms with Crippen molar-refractivity contribution in [2.45, 2.75) is 19.0 Å². The van der Waals surface area contributed by atoms with Gasteiger partial charge in [0.15, 0.2) is 0 Å². The lowest BCUT2D eigenvalue weighted by atomic mass is 10.2. The number of carbonyl (C=O) groups is 2. The zero-order valence-corrected chi connectivity index (χ0v) is 14.4. The van der Waals surface area contributed by atoms with Gasteiger partial charge < -0.3 is 10.1 Å². The van der Waals surface area contributed by atoms with Gasteiger partial charge in [0.2, 0.25) is 11.1 Å². The molecule has 2 aromatic rings. The summed E-state index contributed by atoms with van der Waals surface area (Å²) in [5.74, 6) is 0.185. The van der Waals surface area contributed by atoms with Crippen LogP contribution in [0.3, 0.4) is 0 Å². The number of rotatable bonds is 6. The topological polar surface area (TPSA) is 111 Å². The number of imide groups is 1. The maximum atomic E-state index is 11.8. The summed E-state index contributed by atoms with van der Waals surface area (Å²) in [4.78, 5) is 23.1. The number of ether oxygens (including phenoxy) is 1. The van der Waals surface area contributed by atoms with Crippen LogP contribution >= 0.6 is 11.8 Å². The van der Waals surface area contributed by atoms with E-state index in [-0.39, 0.29) is 5.75 Å². The smallest absolute Gasteiger partial charge is 0.321 e.